The highest BCUT2D eigenvalue weighted by molar-refractivity contribution is 6.30. The molecule has 3 rings (SSSR count). The topological polar surface area (TPSA) is 24.5 Å². The molecule has 0 radical (unpaired) electrons. The summed E-state index contributed by atoms with van der Waals surface area (Å²) in [6.07, 6.45) is 5.36. The average molecular weight is 309 g/mol. The summed E-state index contributed by atoms with van der Waals surface area (Å²) >= 11 is 6.28. The number of hydrogen-bond acceptors (Lipinski definition) is 3. The van der Waals surface area contributed by atoms with Gasteiger partial charge in [-0.1, -0.05) is 24.4 Å². The van der Waals surface area contributed by atoms with E-state index in [-0.39, 0.29) is 0 Å². The minimum Gasteiger partial charge on any atom is -0.496 e. The Balaban J connectivity index is 1.95. The van der Waals surface area contributed by atoms with E-state index in [2.05, 4.69) is 16.3 Å². The second kappa shape index (κ2) is 6.99. The molecule has 21 heavy (non-hydrogen) atoms. The first kappa shape index (κ1) is 15.1. The zero-order chi connectivity index (χ0) is 14.7. The number of halogens is 1. The third-order valence-corrected chi connectivity index (χ3v) is 5.14. The molecule has 1 saturated carbocycles. The molecule has 0 bridgehead atoms. The van der Waals surface area contributed by atoms with Crippen molar-refractivity contribution in [3.05, 3.63) is 28.8 Å². The molecule has 1 saturated heterocycles. The second-order valence-electron chi connectivity index (χ2n) is 6.16. The maximum Gasteiger partial charge on any atom is 0.123 e. The van der Waals surface area contributed by atoms with E-state index < -0.39 is 0 Å². The van der Waals surface area contributed by atoms with Gasteiger partial charge in [0.05, 0.1) is 7.11 Å². The molecular weight excluding hydrogens is 284 g/mol. The molecule has 2 fully saturated rings. The van der Waals surface area contributed by atoms with Crippen LogP contribution in [0.5, 0.6) is 5.75 Å². The third kappa shape index (κ3) is 3.36. The monoisotopic (exact) mass is 308 g/mol. The average Bonchev–Trinajstić information content (AvgIpc) is 3.03. The standard InChI is InChI=1S/C17H25ClN2O/c1-21-16-7-6-14(18)12-15(16)17(13-4-2-3-5-13)20-10-8-19-9-11-20/h6-7,12-13,17,19H,2-5,8-11H2,1H3/t17-/m1/s1. The van der Waals surface area contributed by atoms with Crippen LogP contribution in [0.2, 0.25) is 5.02 Å². The molecule has 1 aromatic rings. The van der Waals surface area contributed by atoms with Gasteiger partial charge in [-0.15, -0.1) is 0 Å². The van der Waals surface area contributed by atoms with Crippen molar-refractivity contribution in [1.29, 1.82) is 0 Å². The van der Waals surface area contributed by atoms with Crippen molar-refractivity contribution in [3.8, 4) is 5.75 Å². The number of ether oxygens (including phenoxy) is 1. The molecule has 1 heterocycles. The lowest BCUT2D eigenvalue weighted by Gasteiger charge is -2.39. The Morgan fingerprint density at radius 1 is 1.24 bits per heavy atom. The van der Waals surface area contributed by atoms with Gasteiger partial charge >= 0.3 is 0 Å². The zero-order valence-electron chi connectivity index (χ0n) is 12.8. The summed E-state index contributed by atoms with van der Waals surface area (Å²) in [7, 11) is 1.76. The minimum absolute atomic E-state index is 0.447. The van der Waals surface area contributed by atoms with E-state index in [1.165, 1.54) is 31.2 Å². The Morgan fingerprint density at radius 3 is 2.62 bits per heavy atom. The van der Waals surface area contributed by atoms with Gasteiger partial charge in [-0.2, -0.15) is 0 Å². The number of piperazine rings is 1. The molecule has 1 aliphatic carbocycles. The lowest BCUT2D eigenvalue weighted by molar-refractivity contribution is 0.123. The summed E-state index contributed by atoms with van der Waals surface area (Å²) < 4.78 is 5.63. The molecule has 1 aromatic carbocycles. The van der Waals surface area contributed by atoms with E-state index in [0.29, 0.717) is 6.04 Å². The van der Waals surface area contributed by atoms with Crippen LogP contribution in [-0.4, -0.2) is 38.2 Å². The summed E-state index contributed by atoms with van der Waals surface area (Å²) in [5.41, 5.74) is 1.28. The van der Waals surface area contributed by atoms with Crippen molar-refractivity contribution in [2.24, 2.45) is 5.92 Å². The summed E-state index contributed by atoms with van der Waals surface area (Å²) in [5, 5.41) is 4.26. The van der Waals surface area contributed by atoms with Gasteiger partial charge in [-0.05, 0) is 37.0 Å². The molecule has 0 aromatic heterocycles. The number of benzene rings is 1. The molecule has 0 spiro atoms. The SMILES string of the molecule is COc1ccc(Cl)cc1[C@@H](C1CCCC1)N1CCNCC1. The number of rotatable bonds is 4. The van der Waals surface area contributed by atoms with Crippen LogP contribution < -0.4 is 10.1 Å². The second-order valence-corrected chi connectivity index (χ2v) is 6.60. The van der Waals surface area contributed by atoms with Crippen LogP contribution in [0.25, 0.3) is 0 Å². The Hall–Kier alpha value is -0.770. The Labute approximate surface area is 132 Å². The van der Waals surface area contributed by atoms with Gasteiger partial charge in [0.1, 0.15) is 5.75 Å². The highest BCUT2D eigenvalue weighted by atomic mass is 35.5. The molecule has 0 amide bonds. The predicted molar refractivity (Wildman–Crippen MR) is 87.1 cm³/mol. The molecule has 1 atom stereocenters. The highest BCUT2D eigenvalue weighted by Gasteiger charge is 2.33. The predicted octanol–water partition coefficient (Wildman–Crippen LogP) is 3.49. The van der Waals surface area contributed by atoms with Gasteiger partial charge < -0.3 is 10.1 Å². The third-order valence-electron chi connectivity index (χ3n) is 4.90. The molecular formula is C17H25ClN2O. The van der Waals surface area contributed by atoms with Gasteiger partial charge in [0.15, 0.2) is 0 Å². The Kier molecular flexibility index (Phi) is 5.04. The van der Waals surface area contributed by atoms with Crippen LogP contribution in [0.1, 0.15) is 37.3 Å². The fourth-order valence-electron chi connectivity index (χ4n) is 3.92. The fraction of sp³-hybridized carbons (Fsp3) is 0.647. The first-order valence-corrected chi connectivity index (χ1v) is 8.45. The lowest BCUT2D eigenvalue weighted by Crippen LogP contribution is -2.46. The van der Waals surface area contributed by atoms with Crippen LogP contribution in [0, 0.1) is 5.92 Å². The summed E-state index contributed by atoms with van der Waals surface area (Å²) in [5.74, 6) is 1.71. The van der Waals surface area contributed by atoms with Crippen molar-refractivity contribution in [2.75, 3.05) is 33.3 Å². The van der Waals surface area contributed by atoms with Crippen LogP contribution in [-0.2, 0) is 0 Å². The van der Waals surface area contributed by atoms with Crippen LogP contribution >= 0.6 is 11.6 Å². The Morgan fingerprint density at radius 2 is 1.95 bits per heavy atom. The first-order valence-electron chi connectivity index (χ1n) is 8.08. The molecule has 116 valence electrons. The smallest absolute Gasteiger partial charge is 0.123 e. The van der Waals surface area contributed by atoms with E-state index in [1.807, 2.05) is 12.1 Å². The van der Waals surface area contributed by atoms with E-state index >= 15 is 0 Å². The van der Waals surface area contributed by atoms with Crippen molar-refractivity contribution in [1.82, 2.24) is 10.2 Å². The molecule has 1 N–H and O–H groups in total. The van der Waals surface area contributed by atoms with Crippen LogP contribution in [0.3, 0.4) is 0 Å². The highest BCUT2D eigenvalue weighted by Crippen LogP contribution is 2.43. The van der Waals surface area contributed by atoms with Crippen LogP contribution in [0.4, 0.5) is 0 Å². The summed E-state index contributed by atoms with van der Waals surface area (Å²) in [6.45, 7) is 4.37. The van der Waals surface area contributed by atoms with Crippen LogP contribution in [0.15, 0.2) is 18.2 Å². The van der Waals surface area contributed by atoms with E-state index in [0.717, 1.165) is 42.9 Å². The van der Waals surface area contributed by atoms with Crippen molar-refractivity contribution in [3.63, 3.8) is 0 Å². The van der Waals surface area contributed by atoms with Gasteiger partial charge in [0.2, 0.25) is 0 Å². The first-order chi connectivity index (χ1) is 10.3. The Bertz CT molecular complexity index is 468. The fourth-order valence-corrected chi connectivity index (χ4v) is 4.10. The molecule has 3 nitrogen and oxygen atoms in total. The normalized spacial score (nSPS) is 22.4. The summed E-state index contributed by atoms with van der Waals surface area (Å²) in [6, 6.07) is 6.50. The van der Waals surface area contributed by atoms with Gasteiger partial charge in [0.25, 0.3) is 0 Å². The van der Waals surface area contributed by atoms with Gasteiger partial charge in [0, 0.05) is 42.8 Å². The number of nitrogens with one attached hydrogen (secondary N) is 1. The molecule has 0 unspecified atom stereocenters. The quantitative estimate of drug-likeness (QED) is 0.921. The zero-order valence-corrected chi connectivity index (χ0v) is 13.5. The van der Waals surface area contributed by atoms with Gasteiger partial charge in [-0.3, -0.25) is 4.90 Å². The minimum atomic E-state index is 0.447. The molecule has 2 aliphatic rings. The molecule has 1 aliphatic heterocycles. The number of methoxy groups -OCH3 is 1. The van der Waals surface area contributed by atoms with Crippen molar-refractivity contribution >= 4 is 11.6 Å². The van der Waals surface area contributed by atoms with Gasteiger partial charge in [-0.25, -0.2) is 0 Å². The maximum atomic E-state index is 6.28. The lowest BCUT2D eigenvalue weighted by atomic mass is 9.89. The van der Waals surface area contributed by atoms with Crippen molar-refractivity contribution < 1.29 is 4.74 Å². The van der Waals surface area contributed by atoms with E-state index in [4.69, 9.17) is 16.3 Å². The maximum absolute atomic E-state index is 6.28. The molecule has 4 heteroatoms. The number of nitrogens with zero attached hydrogens (tertiary/aromatic N) is 1. The summed E-state index contributed by atoms with van der Waals surface area (Å²) in [4.78, 5) is 2.63. The van der Waals surface area contributed by atoms with E-state index in [1.54, 1.807) is 7.11 Å². The largest absolute Gasteiger partial charge is 0.496 e. The van der Waals surface area contributed by atoms with E-state index in [9.17, 15) is 0 Å². The van der Waals surface area contributed by atoms with Crippen molar-refractivity contribution in [2.45, 2.75) is 31.7 Å². The number of hydrogen-bond donors (Lipinski definition) is 1.